The molecule has 10 heteroatoms. The quantitative estimate of drug-likeness (QED) is 0.566. The lowest BCUT2D eigenvalue weighted by molar-refractivity contribution is 0.166. The summed E-state index contributed by atoms with van der Waals surface area (Å²) in [5.41, 5.74) is 8.00. The van der Waals surface area contributed by atoms with Gasteiger partial charge in [-0.25, -0.2) is 19.7 Å². The molecule has 0 radical (unpaired) electrons. The molecule has 4 heterocycles. The van der Waals surface area contributed by atoms with E-state index in [1.807, 2.05) is 19.1 Å². The van der Waals surface area contributed by atoms with E-state index < -0.39 is 0 Å². The van der Waals surface area contributed by atoms with E-state index in [-0.39, 0.29) is 6.03 Å². The molecule has 1 aliphatic rings. The number of pyridine rings is 2. The molecule has 0 bridgehead atoms. The van der Waals surface area contributed by atoms with Gasteiger partial charge in [0.2, 0.25) is 5.88 Å². The van der Waals surface area contributed by atoms with E-state index in [9.17, 15) is 4.79 Å². The van der Waals surface area contributed by atoms with Gasteiger partial charge in [-0.3, -0.25) is 5.32 Å². The number of carbonyl (C=O) groups is 1. The number of hydrogen-bond acceptors (Lipinski definition) is 8. The Hall–Kier alpha value is -2.98. The molecule has 1 aliphatic heterocycles. The van der Waals surface area contributed by atoms with E-state index in [1.54, 1.807) is 12.3 Å². The Kier molecular flexibility index (Phi) is 5.72. The second kappa shape index (κ2) is 8.58. The molecule has 4 rings (SSSR count). The van der Waals surface area contributed by atoms with Crippen molar-refractivity contribution in [3.05, 3.63) is 24.4 Å². The number of ether oxygens (including phenoxy) is 2. The van der Waals surface area contributed by atoms with Gasteiger partial charge in [0, 0.05) is 36.4 Å². The van der Waals surface area contributed by atoms with E-state index in [4.69, 9.17) is 15.2 Å². The lowest BCUT2D eigenvalue weighted by Crippen LogP contribution is -2.28. The molecule has 0 aromatic carbocycles. The Labute approximate surface area is 171 Å². The third-order valence-corrected chi connectivity index (χ3v) is 5.36. The Morgan fingerprint density at radius 1 is 1.41 bits per heavy atom. The second-order valence-electron chi connectivity index (χ2n) is 6.68. The average Bonchev–Trinajstić information content (AvgIpc) is 3.35. The van der Waals surface area contributed by atoms with Crippen LogP contribution in [0.25, 0.3) is 21.5 Å². The monoisotopic (exact) mass is 414 g/mol. The number of thiazole rings is 1. The molecule has 9 nitrogen and oxygen atoms in total. The molecular formula is C19H22N6O3S. The average molecular weight is 414 g/mol. The first kappa shape index (κ1) is 19.3. The van der Waals surface area contributed by atoms with Crippen molar-refractivity contribution in [2.75, 3.05) is 37.4 Å². The van der Waals surface area contributed by atoms with Crippen molar-refractivity contribution in [3.8, 4) is 17.0 Å². The van der Waals surface area contributed by atoms with Crippen LogP contribution in [-0.4, -0.2) is 47.3 Å². The topological polar surface area (TPSA) is 124 Å². The predicted molar refractivity (Wildman–Crippen MR) is 112 cm³/mol. The minimum atomic E-state index is -0.299. The number of aromatic nitrogens is 3. The zero-order chi connectivity index (χ0) is 20.2. The van der Waals surface area contributed by atoms with Crippen LogP contribution in [0.1, 0.15) is 13.3 Å². The molecule has 152 valence electrons. The minimum Gasteiger partial charge on any atom is -0.477 e. The summed E-state index contributed by atoms with van der Waals surface area (Å²) in [7, 11) is 0. The summed E-state index contributed by atoms with van der Waals surface area (Å²) in [5.74, 6) is 1.29. The maximum Gasteiger partial charge on any atom is 0.321 e. The number of amides is 2. The molecule has 1 fully saturated rings. The van der Waals surface area contributed by atoms with E-state index in [0.29, 0.717) is 52.9 Å². The number of carbonyl (C=O) groups excluding carboxylic acids is 1. The molecule has 0 saturated carbocycles. The van der Waals surface area contributed by atoms with Crippen molar-refractivity contribution in [3.63, 3.8) is 0 Å². The van der Waals surface area contributed by atoms with E-state index >= 15 is 0 Å². The first-order valence-electron chi connectivity index (χ1n) is 9.41. The lowest BCUT2D eigenvalue weighted by atomic mass is 10.1. The molecular weight excluding hydrogens is 392 g/mol. The van der Waals surface area contributed by atoms with Gasteiger partial charge in [0.1, 0.15) is 16.2 Å². The number of rotatable bonds is 6. The van der Waals surface area contributed by atoms with Crippen LogP contribution < -0.4 is 21.1 Å². The highest BCUT2D eigenvalue weighted by Crippen LogP contribution is 2.35. The van der Waals surface area contributed by atoms with Crippen LogP contribution in [0.3, 0.4) is 0 Å². The number of fused-ring (bicyclic) bond motifs is 1. The number of nitrogen functional groups attached to an aromatic ring is 1. The molecule has 1 atom stereocenters. The minimum absolute atomic E-state index is 0.299. The maximum atomic E-state index is 11.8. The van der Waals surface area contributed by atoms with Crippen molar-refractivity contribution in [1.82, 2.24) is 20.3 Å². The largest absolute Gasteiger partial charge is 0.477 e. The standard InChI is InChI=1S/C19H22N6O3S/c1-2-21-18(26)25-19-23-14-7-13(12-3-4-15(20)22-8-12)16(24-17(14)29-19)28-10-11-5-6-27-9-11/h3-4,7-8,11H,2,5-6,9-10H2,1H3,(H2,20,22)(H2,21,23,25,26). The van der Waals surface area contributed by atoms with Crippen molar-refractivity contribution in [1.29, 1.82) is 0 Å². The fourth-order valence-electron chi connectivity index (χ4n) is 3.00. The zero-order valence-corrected chi connectivity index (χ0v) is 16.8. The molecule has 3 aromatic rings. The molecule has 1 saturated heterocycles. The van der Waals surface area contributed by atoms with E-state index in [1.165, 1.54) is 11.3 Å². The molecule has 29 heavy (non-hydrogen) atoms. The van der Waals surface area contributed by atoms with Crippen LogP contribution in [0, 0.1) is 5.92 Å². The van der Waals surface area contributed by atoms with Crippen molar-refractivity contribution < 1.29 is 14.3 Å². The lowest BCUT2D eigenvalue weighted by Gasteiger charge is -2.13. The SMILES string of the molecule is CCNC(=O)Nc1nc2cc(-c3ccc(N)nc3)c(OCC3CCOC3)nc2s1. The smallest absolute Gasteiger partial charge is 0.321 e. The van der Waals surface area contributed by atoms with Gasteiger partial charge in [-0.05, 0) is 31.5 Å². The summed E-state index contributed by atoms with van der Waals surface area (Å²) in [6, 6.07) is 5.20. The summed E-state index contributed by atoms with van der Waals surface area (Å²) in [5, 5.41) is 5.88. The van der Waals surface area contributed by atoms with Crippen LogP contribution in [0.15, 0.2) is 24.4 Å². The Balaban J connectivity index is 1.67. The van der Waals surface area contributed by atoms with Gasteiger partial charge in [-0.15, -0.1) is 0 Å². The highest BCUT2D eigenvalue weighted by molar-refractivity contribution is 7.22. The Morgan fingerprint density at radius 2 is 2.31 bits per heavy atom. The molecule has 0 aliphatic carbocycles. The maximum absolute atomic E-state index is 11.8. The second-order valence-corrected chi connectivity index (χ2v) is 7.66. The van der Waals surface area contributed by atoms with Crippen LogP contribution >= 0.6 is 11.3 Å². The fourth-order valence-corrected chi connectivity index (χ4v) is 3.81. The van der Waals surface area contributed by atoms with Gasteiger partial charge < -0.3 is 20.5 Å². The number of urea groups is 1. The van der Waals surface area contributed by atoms with Crippen molar-refractivity contribution in [2.45, 2.75) is 13.3 Å². The summed E-state index contributed by atoms with van der Waals surface area (Å²) in [4.78, 5) is 25.8. The third kappa shape index (κ3) is 4.54. The van der Waals surface area contributed by atoms with E-state index in [2.05, 4.69) is 25.6 Å². The van der Waals surface area contributed by atoms with Gasteiger partial charge in [-0.1, -0.05) is 11.3 Å². The molecule has 3 aromatic heterocycles. The summed E-state index contributed by atoms with van der Waals surface area (Å²) in [6.45, 7) is 4.37. The van der Waals surface area contributed by atoms with Crippen molar-refractivity contribution >= 4 is 38.7 Å². The van der Waals surface area contributed by atoms with Gasteiger partial charge in [-0.2, -0.15) is 0 Å². The van der Waals surface area contributed by atoms with Crippen LogP contribution in [0.5, 0.6) is 5.88 Å². The van der Waals surface area contributed by atoms with Gasteiger partial charge in [0.15, 0.2) is 5.13 Å². The first-order chi connectivity index (χ1) is 14.1. The number of nitrogens with one attached hydrogen (secondary N) is 2. The van der Waals surface area contributed by atoms with Crippen LogP contribution in [0.2, 0.25) is 0 Å². The zero-order valence-electron chi connectivity index (χ0n) is 16.0. The van der Waals surface area contributed by atoms with Gasteiger partial charge in [0.25, 0.3) is 0 Å². The summed E-state index contributed by atoms with van der Waals surface area (Å²) < 4.78 is 11.5. The fraction of sp³-hybridized carbons (Fsp3) is 0.368. The number of anilines is 2. The predicted octanol–water partition coefficient (Wildman–Crippen LogP) is 2.89. The van der Waals surface area contributed by atoms with Crippen LogP contribution in [-0.2, 0) is 4.74 Å². The Morgan fingerprint density at radius 3 is 3.03 bits per heavy atom. The van der Waals surface area contributed by atoms with Crippen molar-refractivity contribution in [2.24, 2.45) is 5.92 Å². The molecule has 0 spiro atoms. The molecule has 1 unspecified atom stereocenters. The van der Waals surface area contributed by atoms with Gasteiger partial charge >= 0.3 is 6.03 Å². The molecule has 4 N–H and O–H groups in total. The van der Waals surface area contributed by atoms with Crippen LogP contribution in [0.4, 0.5) is 15.7 Å². The summed E-state index contributed by atoms with van der Waals surface area (Å²) >= 11 is 1.30. The first-order valence-corrected chi connectivity index (χ1v) is 10.2. The third-order valence-electron chi connectivity index (χ3n) is 4.48. The van der Waals surface area contributed by atoms with E-state index in [0.717, 1.165) is 24.2 Å². The number of hydrogen-bond donors (Lipinski definition) is 3. The highest BCUT2D eigenvalue weighted by atomic mass is 32.1. The van der Waals surface area contributed by atoms with Gasteiger partial charge in [0.05, 0.1) is 13.2 Å². The normalized spacial score (nSPS) is 16.1. The molecule has 2 amide bonds. The number of nitrogens with two attached hydrogens (primary N) is 1. The summed E-state index contributed by atoms with van der Waals surface area (Å²) in [6.07, 6.45) is 2.66. The number of nitrogens with zero attached hydrogens (tertiary/aromatic N) is 3. The Bertz CT molecular complexity index is 1000. The highest BCUT2D eigenvalue weighted by Gasteiger charge is 2.20.